The molecule has 7 heteroatoms. The molecule has 1 saturated carbocycles. The Hall–Kier alpha value is -1.96. The molecule has 4 heterocycles. The van der Waals surface area contributed by atoms with Gasteiger partial charge in [0.2, 0.25) is 0 Å². The Morgan fingerprint density at radius 1 is 1.09 bits per heavy atom. The predicted molar refractivity (Wildman–Crippen MR) is 135 cm³/mol. The van der Waals surface area contributed by atoms with Crippen molar-refractivity contribution in [3.05, 3.63) is 53.1 Å². The Bertz CT molecular complexity index is 949. The summed E-state index contributed by atoms with van der Waals surface area (Å²) in [5.74, 6) is 0. The molecule has 1 aliphatic carbocycles. The van der Waals surface area contributed by atoms with E-state index in [0.717, 1.165) is 50.2 Å². The number of hydrogen-bond acceptors (Lipinski definition) is 4. The summed E-state index contributed by atoms with van der Waals surface area (Å²) in [7, 11) is 0. The van der Waals surface area contributed by atoms with Crippen LogP contribution in [0.2, 0.25) is 0 Å². The highest BCUT2D eigenvalue weighted by Gasteiger charge is 2.41. The van der Waals surface area contributed by atoms with Crippen molar-refractivity contribution >= 4 is 17.3 Å². The van der Waals surface area contributed by atoms with Gasteiger partial charge in [-0.2, -0.15) is 0 Å². The SMILES string of the molecule is Cc1cc([C@H]2[C@H](c3ccccn3)NC(=S)N2CCN2CCOCC2)c(C)n1C1CCCCC1. The van der Waals surface area contributed by atoms with Gasteiger partial charge in [-0.3, -0.25) is 9.88 Å². The van der Waals surface area contributed by atoms with E-state index >= 15 is 0 Å². The first-order valence-electron chi connectivity index (χ1n) is 12.6. The molecule has 2 aliphatic heterocycles. The number of rotatable bonds is 6. The van der Waals surface area contributed by atoms with Gasteiger partial charge in [-0.1, -0.05) is 25.3 Å². The van der Waals surface area contributed by atoms with Gasteiger partial charge in [0.15, 0.2) is 5.11 Å². The number of morpholine rings is 1. The quantitative estimate of drug-likeness (QED) is 0.639. The maximum Gasteiger partial charge on any atom is 0.170 e. The molecule has 178 valence electrons. The van der Waals surface area contributed by atoms with Crippen molar-refractivity contribution in [2.75, 3.05) is 39.4 Å². The Morgan fingerprint density at radius 3 is 2.61 bits per heavy atom. The average Bonchev–Trinajstić information content (AvgIpc) is 3.34. The number of pyridine rings is 1. The van der Waals surface area contributed by atoms with Gasteiger partial charge in [0.1, 0.15) is 0 Å². The molecule has 2 aromatic rings. The van der Waals surface area contributed by atoms with Crippen molar-refractivity contribution in [1.82, 2.24) is 24.7 Å². The molecule has 0 spiro atoms. The fourth-order valence-electron chi connectivity index (χ4n) is 6.06. The zero-order valence-electron chi connectivity index (χ0n) is 20.0. The Morgan fingerprint density at radius 2 is 1.88 bits per heavy atom. The van der Waals surface area contributed by atoms with E-state index in [9.17, 15) is 0 Å². The van der Waals surface area contributed by atoms with E-state index in [1.807, 2.05) is 12.3 Å². The van der Waals surface area contributed by atoms with Gasteiger partial charge in [0.25, 0.3) is 0 Å². The topological polar surface area (TPSA) is 45.6 Å². The third kappa shape index (κ3) is 4.68. The van der Waals surface area contributed by atoms with Crippen LogP contribution in [0, 0.1) is 13.8 Å². The molecule has 0 aromatic carbocycles. The summed E-state index contributed by atoms with van der Waals surface area (Å²) in [6.07, 6.45) is 8.53. The third-order valence-electron chi connectivity index (χ3n) is 7.74. The molecule has 0 radical (unpaired) electrons. The van der Waals surface area contributed by atoms with Gasteiger partial charge in [-0.05, 0) is 62.7 Å². The predicted octanol–water partition coefficient (Wildman–Crippen LogP) is 4.31. The van der Waals surface area contributed by atoms with Crippen LogP contribution in [0.25, 0.3) is 0 Å². The standard InChI is InChI=1S/C26H37N5OS/c1-19-18-22(20(2)31(19)21-8-4-3-5-9-21)25-24(23-10-6-7-11-27-23)28-26(33)30(25)13-12-29-14-16-32-17-15-29/h6-7,10-11,18,21,24-25H,3-5,8-9,12-17H2,1-2H3,(H,28,33)/t24-,25-/m0/s1. The van der Waals surface area contributed by atoms with Crippen LogP contribution in [-0.4, -0.2) is 63.9 Å². The molecule has 2 saturated heterocycles. The third-order valence-corrected chi connectivity index (χ3v) is 8.09. The van der Waals surface area contributed by atoms with Crippen molar-refractivity contribution < 1.29 is 4.74 Å². The van der Waals surface area contributed by atoms with Crippen LogP contribution >= 0.6 is 12.2 Å². The summed E-state index contributed by atoms with van der Waals surface area (Å²) in [5.41, 5.74) is 5.22. The summed E-state index contributed by atoms with van der Waals surface area (Å²) >= 11 is 5.91. The Labute approximate surface area is 203 Å². The second kappa shape index (κ2) is 10.1. The smallest absolute Gasteiger partial charge is 0.170 e. The monoisotopic (exact) mass is 467 g/mol. The van der Waals surface area contributed by atoms with Gasteiger partial charge in [0, 0.05) is 49.8 Å². The van der Waals surface area contributed by atoms with Gasteiger partial charge in [0.05, 0.1) is 31.0 Å². The fourth-order valence-corrected chi connectivity index (χ4v) is 6.39. The van der Waals surface area contributed by atoms with Crippen LogP contribution < -0.4 is 5.32 Å². The Balaban J connectivity index is 1.47. The molecular weight excluding hydrogens is 430 g/mol. The number of thiocarbonyl (C=S) groups is 1. The van der Waals surface area contributed by atoms with Crippen LogP contribution in [0.15, 0.2) is 30.5 Å². The second-order valence-corrected chi connectivity index (χ2v) is 10.1. The zero-order chi connectivity index (χ0) is 22.8. The maximum absolute atomic E-state index is 5.91. The van der Waals surface area contributed by atoms with Crippen molar-refractivity contribution in [2.24, 2.45) is 0 Å². The Kier molecular flexibility index (Phi) is 6.99. The number of aryl methyl sites for hydroxylation is 1. The van der Waals surface area contributed by atoms with E-state index in [1.165, 1.54) is 49.1 Å². The van der Waals surface area contributed by atoms with E-state index in [2.05, 4.69) is 51.7 Å². The lowest BCUT2D eigenvalue weighted by Gasteiger charge is -2.32. The highest BCUT2D eigenvalue weighted by atomic mass is 32.1. The van der Waals surface area contributed by atoms with Crippen LogP contribution in [0.5, 0.6) is 0 Å². The summed E-state index contributed by atoms with van der Waals surface area (Å²) in [5, 5.41) is 4.47. The van der Waals surface area contributed by atoms with Gasteiger partial charge >= 0.3 is 0 Å². The van der Waals surface area contributed by atoms with Crippen LogP contribution in [0.1, 0.15) is 72.9 Å². The largest absolute Gasteiger partial charge is 0.379 e. The lowest BCUT2D eigenvalue weighted by atomic mass is 9.94. The van der Waals surface area contributed by atoms with Crippen molar-refractivity contribution in [1.29, 1.82) is 0 Å². The number of nitrogens with one attached hydrogen (secondary N) is 1. The second-order valence-electron chi connectivity index (χ2n) is 9.76. The first kappa shape index (κ1) is 22.8. The molecule has 3 aliphatic rings. The van der Waals surface area contributed by atoms with Gasteiger partial charge in [-0.15, -0.1) is 0 Å². The number of ether oxygens (including phenoxy) is 1. The molecule has 0 bridgehead atoms. The van der Waals surface area contributed by atoms with Crippen molar-refractivity contribution in [2.45, 2.75) is 64.1 Å². The first-order valence-corrected chi connectivity index (χ1v) is 13.0. The van der Waals surface area contributed by atoms with E-state index < -0.39 is 0 Å². The summed E-state index contributed by atoms with van der Waals surface area (Å²) < 4.78 is 8.16. The highest BCUT2D eigenvalue weighted by Crippen LogP contribution is 2.42. The molecule has 33 heavy (non-hydrogen) atoms. The fraction of sp³-hybridized carbons (Fsp3) is 0.615. The van der Waals surface area contributed by atoms with Crippen LogP contribution in [-0.2, 0) is 4.74 Å². The average molecular weight is 468 g/mol. The summed E-state index contributed by atoms with van der Waals surface area (Å²) in [6, 6.07) is 9.44. The molecule has 0 amide bonds. The minimum atomic E-state index is 0.0590. The minimum absolute atomic E-state index is 0.0590. The molecule has 2 aromatic heterocycles. The van der Waals surface area contributed by atoms with E-state index in [-0.39, 0.29) is 12.1 Å². The lowest BCUT2D eigenvalue weighted by Crippen LogP contribution is -2.42. The summed E-state index contributed by atoms with van der Waals surface area (Å²) in [4.78, 5) is 9.62. The van der Waals surface area contributed by atoms with Crippen LogP contribution in [0.4, 0.5) is 0 Å². The number of aromatic nitrogens is 2. The maximum atomic E-state index is 5.91. The van der Waals surface area contributed by atoms with Gasteiger partial charge in [-0.25, -0.2) is 0 Å². The summed E-state index contributed by atoms with van der Waals surface area (Å²) in [6.45, 7) is 10.1. The van der Waals surface area contributed by atoms with E-state index in [4.69, 9.17) is 21.9 Å². The number of hydrogen-bond donors (Lipinski definition) is 1. The zero-order valence-corrected chi connectivity index (χ0v) is 20.8. The molecule has 1 N–H and O–H groups in total. The molecule has 3 fully saturated rings. The normalized spacial score (nSPS) is 24.9. The highest BCUT2D eigenvalue weighted by molar-refractivity contribution is 7.80. The lowest BCUT2D eigenvalue weighted by molar-refractivity contribution is 0.0350. The van der Waals surface area contributed by atoms with Crippen LogP contribution in [0.3, 0.4) is 0 Å². The minimum Gasteiger partial charge on any atom is -0.379 e. The molecule has 5 rings (SSSR count). The molecule has 0 unspecified atom stereocenters. The first-order chi connectivity index (χ1) is 16.1. The molecule has 2 atom stereocenters. The van der Waals surface area contributed by atoms with Crippen molar-refractivity contribution in [3.8, 4) is 0 Å². The number of nitrogens with zero attached hydrogens (tertiary/aromatic N) is 4. The van der Waals surface area contributed by atoms with E-state index in [0.29, 0.717) is 6.04 Å². The molecular formula is C26H37N5OS. The van der Waals surface area contributed by atoms with Gasteiger partial charge < -0.3 is 19.5 Å². The molecule has 6 nitrogen and oxygen atoms in total. The van der Waals surface area contributed by atoms with Crippen molar-refractivity contribution in [3.63, 3.8) is 0 Å². The van der Waals surface area contributed by atoms with E-state index in [1.54, 1.807) is 0 Å².